The van der Waals surface area contributed by atoms with Gasteiger partial charge < -0.3 is 10.1 Å². The number of anilines is 1. The third kappa shape index (κ3) is 2.49. The molecule has 1 aromatic heterocycles. The summed E-state index contributed by atoms with van der Waals surface area (Å²) in [4.78, 5) is 15.6. The van der Waals surface area contributed by atoms with Crippen molar-refractivity contribution in [2.75, 3.05) is 5.32 Å². The van der Waals surface area contributed by atoms with Gasteiger partial charge in [-0.2, -0.15) is 13.2 Å². The smallest absolute Gasteiger partial charge is 0.433 e. The molecule has 26 heavy (non-hydrogen) atoms. The molecule has 2 fully saturated rings. The van der Waals surface area contributed by atoms with E-state index in [1.165, 1.54) is 12.1 Å². The lowest BCUT2D eigenvalue weighted by atomic mass is 10.2. The second-order valence-electron chi connectivity index (χ2n) is 6.46. The van der Waals surface area contributed by atoms with Crippen LogP contribution in [0.3, 0.4) is 0 Å². The zero-order valence-electron chi connectivity index (χ0n) is 13.0. The first kappa shape index (κ1) is 16.7. The van der Waals surface area contributed by atoms with Crippen LogP contribution < -0.4 is 10.1 Å². The normalized spacial score (nSPS) is 26.0. The van der Waals surface area contributed by atoms with E-state index < -0.39 is 46.2 Å². The minimum absolute atomic E-state index is 0.0588. The van der Waals surface area contributed by atoms with Gasteiger partial charge in [0.2, 0.25) is 5.91 Å². The predicted molar refractivity (Wildman–Crippen MR) is 79.3 cm³/mol. The van der Waals surface area contributed by atoms with Gasteiger partial charge in [0.05, 0.1) is 5.41 Å². The summed E-state index contributed by atoms with van der Waals surface area (Å²) in [6.45, 7) is 0. The molecule has 2 aliphatic carbocycles. The molecule has 0 bridgehead atoms. The Labute approximate surface area is 144 Å². The molecule has 0 radical (unpaired) electrons. The summed E-state index contributed by atoms with van der Waals surface area (Å²) in [5.41, 5.74) is -3.16. The molecule has 0 aliphatic heterocycles. The van der Waals surface area contributed by atoms with Crippen LogP contribution in [0, 0.1) is 17.0 Å². The van der Waals surface area contributed by atoms with Crippen molar-refractivity contribution in [3.05, 3.63) is 53.9 Å². The van der Waals surface area contributed by atoms with Crippen molar-refractivity contribution < 1.29 is 31.5 Å². The first-order valence-electron chi connectivity index (χ1n) is 7.65. The molecule has 0 saturated heterocycles. The van der Waals surface area contributed by atoms with E-state index in [9.17, 15) is 26.7 Å². The lowest BCUT2D eigenvalue weighted by Gasteiger charge is -2.09. The fourth-order valence-electron chi connectivity index (χ4n) is 3.06. The lowest BCUT2D eigenvalue weighted by molar-refractivity contribution is -0.141. The number of carbonyl (C=O) groups is 1. The highest BCUT2D eigenvalue weighted by Gasteiger charge is 2.90. The lowest BCUT2D eigenvalue weighted by Crippen LogP contribution is -2.19. The number of nitrogens with one attached hydrogen (secondary N) is 1. The molecular formula is C17H11F5N2O2. The van der Waals surface area contributed by atoms with Crippen molar-refractivity contribution in [3.63, 3.8) is 0 Å². The largest absolute Gasteiger partial charge is 0.480 e. The number of nitrogens with zero attached hydrogens (tertiary/aromatic N) is 1. The van der Waals surface area contributed by atoms with E-state index in [-0.39, 0.29) is 18.5 Å². The third-order valence-electron chi connectivity index (χ3n) is 4.76. The Hall–Kier alpha value is -2.71. The highest BCUT2D eigenvalue weighted by molar-refractivity contribution is 6.02. The summed E-state index contributed by atoms with van der Waals surface area (Å²) >= 11 is 0. The van der Waals surface area contributed by atoms with Crippen molar-refractivity contribution in [2.24, 2.45) is 5.41 Å². The number of hydrogen-bond acceptors (Lipinski definition) is 3. The monoisotopic (exact) mass is 370 g/mol. The number of amides is 1. The Morgan fingerprint density at radius 3 is 2.42 bits per heavy atom. The Morgan fingerprint density at radius 1 is 1.15 bits per heavy atom. The second kappa shape index (κ2) is 5.15. The molecule has 4 rings (SSSR count). The van der Waals surface area contributed by atoms with Gasteiger partial charge in [0, 0.05) is 24.7 Å². The number of hydrogen-bond donors (Lipinski definition) is 1. The highest BCUT2D eigenvalue weighted by atomic mass is 19.4. The average Bonchev–Trinajstić information content (AvgIpc) is 3.37. The topological polar surface area (TPSA) is 51.2 Å². The summed E-state index contributed by atoms with van der Waals surface area (Å²) in [5, 5.41) is 2.39. The standard InChI is InChI=1S/C17H11F5N2O2/c18-10-2-1-3-11(19)13(10)26-16-7-15(16,8-16)14(25)24-9-4-5-23-12(6-9)17(20,21)22/h1-6H,7-8H2,(H,23,24,25). The fraction of sp³-hybridized carbons (Fsp3) is 0.294. The summed E-state index contributed by atoms with van der Waals surface area (Å²) in [6, 6.07) is 5.22. The maximum Gasteiger partial charge on any atom is 0.433 e. The van der Waals surface area contributed by atoms with Gasteiger partial charge in [0.15, 0.2) is 17.4 Å². The van der Waals surface area contributed by atoms with Crippen LogP contribution in [0.2, 0.25) is 0 Å². The van der Waals surface area contributed by atoms with Crippen LogP contribution in [0.25, 0.3) is 0 Å². The molecule has 1 N–H and O–H groups in total. The molecule has 0 unspecified atom stereocenters. The number of fused-ring (bicyclic) bond motifs is 1. The molecule has 4 nitrogen and oxygen atoms in total. The zero-order valence-corrected chi connectivity index (χ0v) is 13.0. The number of alkyl halides is 3. The van der Waals surface area contributed by atoms with Crippen LogP contribution >= 0.6 is 0 Å². The van der Waals surface area contributed by atoms with Crippen molar-refractivity contribution in [2.45, 2.75) is 24.6 Å². The molecule has 136 valence electrons. The van der Waals surface area contributed by atoms with E-state index in [2.05, 4.69) is 10.3 Å². The number of ether oxygens (including phenoxy) is 1. The Bertz CT molecular complexity index is 886. The molecule has 0 atom stereocenters. The van der Waals surface area contributed by atoms with E-state index in [0.29, 0.717) is 0 Å². The molecule has 0 spiro atoms. The second-order valence-corrected chi connectivity index (χ2v) is 6.46. The highest BCUT2D eigenvalue weighted by Crippen LogP contribution is 2.80. The minimum atomic E-state index is -4.63. The molecule has 2 aliphatic rings. The molecule has 1 heterocycles. The molecule has 2 saturated carbocycles. The minimum Gasteiger partial charge on any atom is -0.480 e. The quantitative estimate of drug-likeness (QED) is 0.830. The maximum absolute atomic E-state index is 13.7. The van der Waals surface area contributed by atoms with E-state index >= 15 is 0 Å². The van der Waals surface area contributed by atoms with Gasteiger partial charge in [-0.1, -0.05) is 6.07 Å². The Balaban J connectivity index is 1.47. The van der Waals surface area contributed by atoms with Gasteiger partial charge in [0.25, 0.3) is 0 Å². The fourth-order valence-corrected chi connectivity index (χ4v) is 3.06. The first-order chi connectivity index (χ1) is 12.2. The summed E-state index contributed by atoms with van der Waals surface area (Å²) in [6.07, 6.45) is -3.20. The third-order valence-corrected chi connectivity index (χ3v) is 4.76. The van der Waals surface area contributed by atoms with E-state index in [0.717, 1.165) is 24.4 Å². The molecule has 9 heteroatoms. The Morgan fingerprint density at radius 2 is 1.81 bits per heavy atom. The van der Waals surface area contributed by atoms with Gasteiger partial charge >= 0.3 is 6.18 Å². The average molecular weight is 370 g/mol. The van der Waals surface area contributed by atoms with Crippen molar-refractivity contribution in [1.82, 2.24) is 4.98 Å². The maximum atomic E-state index is 13.7. The number of rotatable bonds is 4. The SMILES string of the molecule is O=C(Nc1ccnc(C(F)(F)F)c1)C12CC1(Oc1c(F)cccc1F)C2. The number of pyridine rings is 1. The summed E-state index contributed by atoms with van der Waals surface area (Å²) in [7, 11) is 0. The Kier molecular flexibility index (Phi) is 3.32. The first-order valence-corrected chi connectivity index (χ1v) is 7.65. The number of aromatic nitrogens is 1. The van der Waals surface area contributed by atoms with E-state index in [4.69, 9.17) is 4.74 Å². The predicted octanol–water partition coefficient (Wildman–Crippen LogP) is 3.93. The van der Waals surface area contributed by atoms with Gasteiger partial charge in [-0.05, 0) is 24.3 Å². The summed E-state index contributed by atoms with van der Waals surface area (Å²) < 4.78 is 70.8. The van der Waals surface area contributed by atoms with Crippen LogP contribution in [-0.4, -0.2) is 16.5 Å². The molecular weight excluding hydrogens is 359 g/mol. The summed E-state index contributed by atoms with van der Waals surface area (Å²) in [5.74, 6) is -2.86. The van der Waals surface area contributed by atoms with Crippen molar-refractivity contribution in [3.8, 4) is 5.75 Å². The van der Waals surface area contributed by atoms with Gasteiger partial charge in [0.1, 0.15) is 11.3 Å². The van der Waals surface area contributed by atoms with Crippen LogP contribution in [0.15, 0.2) is 36.5 Å². The van der Waals surface area contributed by atoms with E-state index in [1.54, 1.807) is 0 Å². The van der Waals surface area contributed by atoms with Crippen molar-refractivity contribution in [1.29, 1.82) is 0 Å². The van der Waals surface area contributed by atoms with Crippen LogP contribution in [0.5, 0.6) is 5.75 Å². The molecule has 2 aromatic rings. The molecule has 1 amide bonds. The number of halogens is 5. The van der Waals surface area contributed by atoms with Crippen LogP contribution in [0.4, 0.5) is 27.6 Å². The number of carbonyl (C=O) groups excluding carboxylic acids is 1. The van der Waals surface area contributed by atoms with Crippen molar-refractivity contribution >= 4 is 11.6 Å². The number of benzene rings is 1. The number of para-hydroxylation sites is 1. The zero-order chi connectivity index (χ0) is 18.7. The van der Waals surface area contributed by atoms with E-state index in [1.807, 2.05) is 0 Å². The van der Waals surface area contributed by atoms with Crippen LogP contribution in [-0.2, 0) is 11.0 Å². The van der Waals surface area contributed by atoms with Gasteiger partial charge in [-0.3, -0.25) is 9.78 Å². The molecule has 1 aromatic carbocycles. The van der Waals surface area contributed by atoms with Crippen LogP contribution in [0.1, 0.15) is 18.5 Å². The van der Waals surface area contributed by atoms with Gasteiger partial charge in [-0.15, -0.1) is 0 Å². The van der Waals surface area contributed by atoms with Gasteiger partial charge in [-0.25, -0.2) is 8.78 Å².